The molecule has 3 aromatic rings. The third-order valence-electron chi connectivity index (χ3n) is 8.37. The highest BCUT2D eigenvalue weighted by Gasteiger charge is 2.73. The van der Waals surface area contributed by atoms with Gasteiger partial charge in [-0.05, 0) is 69.4 Å². The van der Waals surface area contributed by atoms with Crippen molar-refractivity contribution in [2.75, 3.05) is 33.4 Å². The number of likely N-dealkylation sites (N-methyl/N-ethyl adjacent to an activating group) is 1. The van der Waals surface area contributed by atoms with Crippen molar-refractivity contribution in [3.63, 3.8) is 0 Å². The predicted octanol–water partition coefficient (Wildman–Crippen LogP) is 5.77. The van der Waals surface area contributed by atoms with E-state index in [4.69, 9.17) is 9.47 Å². The standard InChI is InChI=1S/C31H27F6N5O4/c1-4-45-26(43)28-14-42(3)15-29(28,27(44)46-5-2)23-13-17-7-9-19(39-17)25(31(35,36)37)21-11-10-20(40-21)24(30(32,33)34)18-8-6-16(38-18)12-22(28)41-23/h6-13,38-39H,4-5,14-15H2,1-3H3/t28-,29+. The molecule has 0 aliphatic carbocycles. The van der Waals surface area contributed by atoms with Crippen molar-refractivity contribution in [2.24, 2.45) is 0 Å². The normalized spacial score (nSPS) is 21.3. The lowest BCUT2D eigenvalue weighted by Gasteiger charge is -2.35. The minimum absolute atomic E-state index is 0.00620. The Morgan fingerprint density at radius 2 is 1.17 bits per heavy atom. The molecule has 0 aromatic carbocycles. The van der Waals surface area contributed by atoms with E-state index in [0.717, 1.165) is 24.3 Å². The summed E-state index contributed by atoms with van der Waals surface area (Å²) in [5.41, 5.74) is -8.46. The van der Waals surface area contributed by atoms with Crippen molar-refractivity contribution in [1.82, 2.24) is 24.8 Å². The molecule has 3 aliphatic rings. The molecule has 8 bridgehead atoms. The van der Waals surface area contributed by atoms with Crippen molar-refractivity contribution >= 4 is 46.2 Å². The van der Waals surface area contributed by atoms with Crippen LogP contribution in [0.2, 0.25) is 0 Å². The summed E-state index contributed by atoms with van der Waals surface area (Å²) in [5.74, 6) is -1.63. The van der Waals surface area contributed by atoms with Crippen molar-refractivity contribution in [2.45, 2.75) is 37.0 Å². The molecule has 2 N–H and O–H groups in total. The highest BCUT2D eigenvalue weighted by molar-refractivity contribution is 6.00. The van der Waals surface area contributed by atoms with Gasteiger partial charge < -0.3 is 24.3 Å². The molecule has 0 spiro atoms. The molecule has 0 amide bonds. The maximum atomic E-state index is 14.5. The Labute approximate surface area is 257 Å². The van der Waals surface area contributed by atoms with Crippen molar-refractivity contribution in [1.29, 1.82) is 0 Å². The average molecular weight is 648 g/mol. The smallest absolute Gasteiger partial charge is 0.420 e. The Kier molecular flexibility index (Phi) is 7.30. The Morgan fingerprint density at radius 3 is 1.54 bits per heavy atom. The number of aromatic amines is 2. The maximum Gasteiger partial charge on any atom is 0.420 e. The number of aromatic nitrogens is 4. The Hall–Kier alpha value is -4.66. The second kappa shape index (κ2) is 10.7. The van der Waals surface area contributed by atoms with Gasteiger partial charge >= 0.3 is 24.3 Å². The molecular weight excluding hydrogens is 620 g/mol. The SMILES string of the molecule is CCOC(=O)[C@]12CN(C)C[C@@]1(C(=O)OCC)c1cc3ccc([nH]3)c(C(F)(F)F)c3nc(c(C(F)(F)F)c4ccc(cc2n1)[nH]4)C=C3. The van der Waals surface area contributed by atoms with E-state index < -0.39 is 68.7 Å². The quantitative estimate of drug-likeness (QED) is 0.214. The number of fused-ring (bicyclic) bond motifs is 11. The summed E-state index contributed by atoms with van der Waals surface area (Å²) < 4.78 is 97.8. The van der Waals surface area contributed by atoms with Gasteiger partial charge in [0.15, 0.2) is 0 Å². The average Bonchev–Trinajstić information content (AvgIpc) is 3.76. The molecule has 1 saturated heterocycles. The summed E-state index contributed by atoms with van der Waals surface area (Å²) in [5, 5.41) is 0. The number of likely N-dealkylation sites (tertiary alicyclic amines) is 1. The van der Waals surface area contributed by atoms with Crippen LogP contribution in [0.4, 0.5) is 26.3 Å². The third kappa shape index (κ3) is 4.66. The minimum atomic E-state index is -5.02. The maximum absolute atomic E-state index is 14.5. The predicted molar refractivity (Wildman–Crippen MR) is 154 cm³/mol. The Balaban J connectivity index is 1.82. The lowest BCUT2D eigenvalue weighted by atomic mass is 9.63. The van der Waals surface area contributed by atoms with Gasteiger partial charge in [0.1, 0.15) is 22.0 Å². The lowest BCUT2D eigenvalue weighted by Crippen LogP contribution is -2.56. The summed E-state index contributed by atoms with van der Waals surface area (Å²) in [4.78, 5) is 43.4. The number of ether oxygens (including phenoxy) is 2. The number of H-pyrrole nitrogens is 2. The van der Waals surface area contributed by atoms with E-state index in [0.29, 0.717) is 0 Å². The van der Waals surface area contributed by atoms with E-state index in [1.807, 2.05) is 0 Å². The molecule has 9 nitrogen and oxygen atoms in total. The zero-order chi connectivity index (χ0) is 33.2. The van der Waals surface area contributed by atoms with Crippen LogP contribution in [-0.2, 0) is 42.2 Å². The van der Waals surface area contributed by atoms with Crippen LogP contribution in [0.5, 0.6) is 0 Å². The second-order valence-electron chi connectivity index (χ2n) is 11.2. The van der Waals surface area contributed by atoms with Crippen LogP contribution in [0.1, 0.15) is 47.8 Å². The molecule has 6 heterocycles. The van der Waals surface area contributed by atoms with Crippen molar-refractivity contribution in [3.05, 3.63) is 70.3 Å². The van der Waals surface area contributed by atoms with E-state index in [-0.39, 0.29) is 48.7 Å². The number of carbonyl (C=O) groups excluding carboxylic acids is 2. The first-order chi connectivity index (χ1) is 21.7. The Bertz CT molecular complexity index is 1810. The number of hydrogen-bond donors (Lipinski definition) is 2. The molecule has 242 valence electrons. The van der Waals surface area contributed by atoms with Crippen molar-refractivity contribution < 1.29 is 45.4 Å². The first kappa shape index (κ1) is 31.3. The van der Waals surface area contributed by atoms with Gasteiger partial charge in [0.2, 0.25) is 0 Å². The van der Waals surface area contributed by atoms with Crippen LogP contribution in [0.15, 0.2) is 36.4 Å². The number of carbonyl (C=O) groups is 2. The van der Waals surface area contributed by atoms with Crippen LogP contribution in [0.3, 0.4) is 0 Å². The summed E-state index contributed by atoms with van der Waals surface area (Å²) in [6, 6.07) is 7.56. The van der Waals surface area contributed by atoms with Gasteiger partial charge in [-0.1, -0.05) is 0 Å². The molecule has 46 heavy (non-hydrogen) atoms. The molecule has 0 unspecified atom stereocenters. The van der Waals surface area contributed by atoms with E-state index in [9.17, 15) is 35.9 Å². The molecule has 2 atom stereocenters. The van der Waals surface area contributed by atoms with Crippen LogP contribution in [-0.4, -0.2) is 70.1 Å². The first-order valence-electron chi connectivity index (χ1n) is 14.3. The van der Waals surface area contributed by atoms with Gasteiger partial charge in [-0.2, -0.15) is 26.3 Å². The number of halogens is 6. The molecule has 0 radical (unpaired) electrons. The summed E-state index contributed by atoms with van der Waals surface area (Å²) in [6.07, 6.45) is -8.29. The van der Waals surface area contributed by atoms with Crippen LogP contribution in [0.25, 0.3) is 34.2 Å². The molecule has 15 heteroatoms. The number of rotatable bonds is 4. The van der Waals surface area contributed by atoms with Gasteiger partial charge in [0.05, 0.1) is 47.0 Å². The van der Waals surface area contributed by atoms with E-state index in [2.05, 4.69) is 19.9 Å². The highest BCUT2D eigenvalue weighted by atomic mass is 19.4. The molecule has 3 aliphatic heterocycles. The number of nitrogens with zero attached hydrogens (tertiary/aromatic N) is 3. The zero-order valence-corrected chi connectivity index (χ0v) is 24.7. The number of hydrogen-bond acceptors (Lipinski definition) is 7. The van der Waals surface area contributed by atoms with Gasteiger partial charge in [-0.25, -0.2) is 4.98 Å². The largest absolute Gasteiger partial charge is 0.465 e. The summed E-state index contributed by atoms with van der Waals surface area (Å²) in [7, 11) is 1.66. The lowest BCUT2D eigenvalue weighted by molar-refractivity contribution is -0.162. The molecular formula is C31H27F6N5O4. The fourth-order valence-electron chi connectivity index (χ4n) is 6.65. The van der Waals surface area contributed by atoms with Crippen molar-refractivity contribution in [3.8, 4) is 0 Å². The minimum Gasteiger partial charge on any atom is -0.465 e. The van der Waals surface area contributed by atoms with E-state index >= 15 is 0 Å². The van der Waals surface area contributed by atoms with E-state index in [1.165, 1.54) is 24.3 Å². The topological polar surface area (TPSA) is 113 Å². The summed E-state index contributed by atoms with van der Waals surface area (Å²) in [6.45, 7) is 2.89. The number of alkyl halides is 6. The van der Waals surface area contributed by atoms with Gasteiger partial charge in [-0.3, -0.25) is 14.6 Å². The van der Waals surface area contributed by atoms with Crippen LogP contribution >= 0.6 is 0 Å². The van der Waals surface area contributed by atoms with Gasteiger partial charge in [0.25, 0.3) is 0 Å². The second-order valence-corrected chi connectivity index (χ2v) is 11.2. The van der Waals surface area contributed by atoms with Gasteiger partial charge in [0, 0.05) is 24.1 Å². The molecule has 1 fully saturated rings. The molecule has 3 aromatic heterocycles. The van der Waals surface area contributed by atoms with Crippen LogP contribution < -0.4 is 0 Å². The third-order valence-corrected chi connectivity index (χ3v) is 8.37. The number of nitrogens with one attached hydrogen (secondary N) is 2. The van der Waals surface area contributed by atoms with E-state index in [1.54, 1.807) is 25.8 Å². The molecule has 6 rings (SSSR count). The Morgan fingerprint density at radius 1 is 0.761 bits per heavy atom. The molecule has 0 saturated carbocycles. The fourth-order valence-corrected chi connectivity index (χ4v) is 6.65. The summed E-state index contributed by atoms with van der Waals surface area (Å²) >= 11 is 0. The first-order valence-corrected chi connectivity index (χ1v) is 14.3. The monoisotopic (exact) mass is 647 g/mol. The number of esters is 2. The highest BCUT2D eigenvalue weighted by Crippen LogP contribution is 2.54. The van der Waals surface area contributed by atoms with Crippen LogP contribution in [0, 0.1) is 0 Å². The van der Waals surface area contributed by atoms with Gasteiger partial charge in [-0.15, -0.1) is 0 Å². The zero-order valence-electron chi connectivity index (χ0n) is 24.7. The fraction of sp³-hybridized carbons (Fsp3) is 0.355.